The number of hydrogen-bond donors (Lipinski definition) is 0. The van der Waals surface area contributed by atoms with Gasteiger partial charge in [0.2, 0.25) is 0 Å². The molecule has 5 nitrogen and oxygen atoms in total. The monoisotopic (exact) mass is 855 g/mol. The molecule has 0 aliphatic carbocycles. The molecule has 0 unspecified atom stereocenters. The Morgan fingerprint density at radius 3 is 1.22 bits per heavy atom. The lowest BCUT2D eigenvalue weighted by Crippen LogP contribution is -2.00. The SMILES string of the molecule is c1ccc(-c2ccc(-c3nc(-c4ccccc4)nc(-c4cccc(-c5ccc(-c6c(-c7ccccc7)n7nc(-c8ccccc8)c(-c8ccccc8)c7c7ccccc67)cc5)c4)n3)cc2)cc1. The Kier molecular flexibility index (Phi) is 10.1. The third kappa shape index (κ3) is 7.44. The Hall–Kier alpha value is -9.06. The molecule has 0 saturated heterocycles. The summed E-state index contributed by atoms with van der Waals surface area (Å²) in [6.45, 7) is 0. The van der Waals surface area contributed by atoms with Crippen LogP contribution in [0.3, 0.4) is 0 Å². The molecule has 0 atom stereocenters. The van der Waals surface area contributed by atoms with E-state index in [0.29, 0.717) is 17.5 Å². The first-order valence-electron chi connectivity index (χ1n) is 22.6. The van der Waals surface area contributed by atoms with Crippen LogP contribution >= 0.6 is 0 Å². The zero-order valence-electron chi connectivity index (χ0n) is 36.4. The van der Waals surface area contributed by atoms with Crippen molar-refractivity contribution in [3.8, 4) is 101 Å². The van der Waals surface area contributed by atoms with Crippen LogP contribution < -0.4 is 0 Å². The minimum Gasteiger partial charge on any atom is -0.231 e. The molecule has 0 aliphatic heterocycles. The molecule has 0 aliphatic rings. The smallest absolute Gasteiger partial charge is 0.164 e. The van der Waals surface area contributed by atoms with Gasteiger partial charge in [0.25, 0.3) is 0 Å². The molecule has 314 valence electrons. The second-order valence-corrected chi connectivity index (χ2v) is 16.6. The molecule has 0 saturated carbocycles. The van der Waals surface area contributed by atoms with Crippen LogP contribution in [0.2, 0.25) is 0 Å². The summed E-state index contributed by atoms with van der Waals surface area (Å²) in [6.07, 6.45) is 0. The largest absolute Gasteiger partial charge is 0.231 e. The number of hydrogen-bond acceptors (Lipinski definition) is 4. The number of aromatic nitrogens is 5. The van der Waals surface area contributed by atoms with Crippen molar-refractivity contribution in [2.75, 3.05) is 0 Å². The minimum atomic E-state index is 0.616. The number of fused-ring (bicyclic) bond motifs is 3. The molecule has 9 aromatic carbocycles. The van der Waals surface area contributed by atoms with Gasteiger partial charge in [-0.2, -0.15) is 5.10 Å². The van der Waals surface area contributed by atoms with E-state index in [-0.39, 0.29) is 0 Å². The number of rotatable bonds is 9. The van der Waals surface area contributed by atoms with E-state index in [1.807, 2.05) is 36.4 Å². The van der Waals surface area contributed by atoms with Crippen LogP contribution in [0.15, 0.2) is 249 Å². The van der Waals surface area contributed by atoms with Crippen molar-refractivity contribution in [1.29, 1.82) is 0 Å². The maximum Gasteiger partial charge on any atom is 0.164 e. The Morgan fingerprint density at radius 1 is 0.254 bits per heavy atom. The topological polar surface area (TPSA) is 56.0 Å². The van der Waals surface area contributed by atoms with Gasteiger partial charge in [0.05, 0.1) is 11.2 Å². The number of benzene rings is 9. The molecule has 5 heteroatoms. The third-order valence-corrected chi connectivity index (χ3v) is 12.5. The summed E-state index contributed by atoms with van der Waals surface area (Å²) in [5, 5.41) is 7.85. The van der Waals surface area contributed by atoms with E-state index in [9.17, 15) is 0 Å². The van der Waals surface area contributed by atoms with E-state index < -0.39 is 0 Å². The summed E-state index contributed by atoms with van der Waals surface area (Å²) in [5.74, 6) is 1.87. The Balaban J connectivity index is 0.982. The van der Waals surface area contributed by atoms with Gasteiger partial charge in [0, 0.05) is 44.3 Å². The van der Waals surface area contributed by atoms with E-state index in [1.165, 1.54) is 5.56 Å². The van der Waals surface area contributed by atoms with E-state index >= 15 is 0 Å². The van der Waals surface area contributed by atoms with Gasteiger partial charge in [-0.1, -0.05) is 243 Å². The summed E-state index contributed by atoms with van der Waals surface area (Å²) >= 11 is 0. The average molecular weight is 856 g/mol. The standard InChI is InChI=1S/C62H41N5/c1-6-19-42(20-7-1)43-35-39-50(40-36-43)61-63-60(49-27-14-5-15-28-49)64-62(65-61)52-30-18-29-51(41-52)44-33-37-46(38-34-44)55-53-31-16-17-32-54(53)59-56(45-21-8-2-9-22-45)57(47-23-10-3-11-24-47)66-67(59)58(55)48-25-12-4-13-26-48/h1-41H. The summed E-state index contributed by atoms with van der Waals surface area (Å²) in [5.41, 5.74) is 16.9. The Labute approximate surface area is 389 Å². The van der Waals surface area contributed by atoms with Gasteiger partial charge in [-0.3, -0.25) is 0 Å². The molecule has 12 aromatic rings. The van der Waals surface area contributed by atoms with Crippen molar-refractivity contribution in [3.63, 3.8) is 0 Å². The zero-order valence-corrected chi connectivity index (χ0v) is 36.4. The third-order valence-electron chi connectivity index (χ3n) is 12.5. The van der Waals surface area contributed by atoms with E-state index in [1.54, 1.807) is 0 Å². The fourth-order valence-electron chi connectivity index (χ4n) is 9.26. The second kappa shape index (κ2) is 17.1. The highest BCUT2D eigenvalue weighted by molar-refractivity contribution is 6.15. The van der Waals surface area contributed by atoms with Crippen LogP contribution in [-0.2, 0) is 0 Å². The number of pyridine rings is 1. The molecule has 3 aromatic heterocycles. The molecule has 3 heterocycles. The molecule has 0 bridgehead atoms. The van der Waals surface area contributed by atoms with Crippen molar-refractivity contribution in [2.24, 2.45) is 0 Å². The molecular weight excluding hydrogens is 815 g/mol. The molecule has 12 rings (SSSR count). The average Bonchev–Trinajstić information content (AvgIpc) is 3.83. The highest BCUT2D eigenvalue weighted by atomic mass is 15.2. The molecule has 67 heavy (non-hydrogen) atoms. The van der Waals surface area contributed by atoms with Crippen LogP contribution in [-0.4, -0.2) is 24.6 Å². The fraction of sp³-hybridized carbons (Fsp3) is 0. The molecular formula is C62H41N5. The fourth-order valence-corrected chi connectivity index (χ4v) is 9.26. The predicted molar refractivity (Wildman–Crippen MR) is 275 cm³/mol. The molecule has 0 radical (unpaired) electrons. The molecule has 0 fully saturated rings. The van der Waals surface area contributed by atoms with E-state index in [0.717, 1.165) is 94.4 Å². The highest BCUT2D eigenvalue weighted by Crippen LogP contribution is 2.46. The van der Waals surface area contributed by atoms with Crippen molar-refractivity contribution in [3.05, 3.63) is 249 Å². The molecule has 0 spiro atoms. The van der Waals surface area contributed by atoms with Crippen molar-refractivity contribution < 1.29 is 0 Å². The quantitative estimate of drug-likeness (QED) is 0.145. The van der Waals surface area contributed by atoms with Gasteiger partial charge < -0.3 is 0 Å². The minimum absolute atomic E-state index is 0.616. The van der Waals surface area contributed by atoms with Gasteiger partial charge in [-0.25, -0.2) is 19.5 Å². The lowest BCUT2D eigenvalue weighted by Gasteiger charge is -2.18. The highest BCUT2D eigenvalue weighted by Gasteiger charge is 2.25. The van der Waals surface area contributed by atoms with Crippen molar-refractivity contribution in [2.45, 2.75) is 0 Å². The van der Waals surface area contributed by atoms with Crippen LogP contribution in [0.1, 0.15) is 0 Å². The summed E-state index contributed by atoms with van der Waals surface area (Å²) in [6, 6.07) is 87.0. The summed E-state index contributed by atoms with van der Waals surface area (Å²) < 4.78 is 2.19. The van der Waals surface area contributed by atoms with Crippen molar-refractivity contribution >= 4 is 16.3 Å². The lowest BCUT2D eigenvalue weighted by molar-refractivity contribution is 0.981. The van der Waals surface area contributed by atoms with Crippen LogP contribution in [0.25, 0.3) is 117 Å². The van der Waals surface area contributed by atoms with Crippen LogP contribution in [0, 0.1) is 0 Å². The number of nitrogens with zero attached hydrogens (tertiary/aromatic N) is 5. The van der Waals surface area contributed by atoms with Crippen molar-refractivity contribution in [1.82, 2.24) is 24.6 Å². The van der Waals surface area contributed by atoms with E-state index in [4.69, 9.17) is 20.1 Å². The van der Waals surface area contributed by atoms with Crippen LogP contribution in [0.5, 0.6) is 0 Å². The first-order chi connectivity index (χ1) is 33.2. The Bertz CT molecular complexity index is 3680. The maximum absolute atomic E-state index is 5.54. The van der Waals surface area contributed by atoms with Gasteiger partial charge in [0.1, 0.15) is 5.69 Å². The maximum atomic E-state index is 5.54. The summed E-state index contributed by atoms with van der Waals surface area (Å²) in [7, 11) is 0. The zero-order chi connectivity index (χ0) is 44.5. The van der Waals surface area contributed by atoms with Gasteiger partial charge in [-0.05, 0) is 44.8 Å². The Morgan fingerprint density at radius 2 is 0.627 bits per heavy atom. The molecule has 0 amide bonds. The van der Waals surface area contributed by atoms with Gasteiger partial charge in [0.15, 0.2) is 17.5 Å². The predicted octanol–water partition coefficient (Wildman–Crippen LogP) is 15.7. The summed E-state index contributed by atoms with van der Waals surface area (Å²) in [4.78, 5) is 15.2. The first-order valence-corrected chi connectivity index (χ1v) is 22.6. The lowest BCUT2D eigenvalue weighted by atomic mass is 9.90. The first kappa shape index (κ1) is 39.5. The van der Waals surface area contributed by atoms with Gasteiger partial charge in [-0.15, -0.1) is 0 Å². The van der Waals surface area contributed by atoms with E-state index in [2.05, 4.69) is 217 Å². The normalized spacial score (nSPS) is 11.3. The van der Waals surface area contributed by atoms with Crippen LogP contribution in [0.4, 0.5) is 0 Å². The second-order valence-electron chi connectivity index (χ2n) is 16.6. The van der Waals surface area contributed by atoms with Gasteiger partial charge >= 0.3 is 0 Å². The molecule has 0 N–H and O–H groups in total.